The molecule has 0 aliphatic carbocycles. The summed E-state index contributed by atoms with van der Waals surface area (Å²) < 4.78 is 11.3. The van der Waals surface area contributed by atoms with Gasteiger partial charge in [0.1, 0.15) is 0 Å². The largest absolute Gasteiger partial charge is 0.504 e. The Hall–Kier alpha value is -0.940. The van der Waals surface area contributed by atoms with E-state index in [1.165, 1.54) is 7.11 Å². The summed E-state index contributed by atoms with van der Waals surface area (Å²) in [5.41, 5.74) is 0.597. The molecular formula is C13H18BrNO3. The van der Waals surface area contributed by atoms with E-state index in [1.807, 2.05) is 6.07 Å². The molecule has 1 saturated heterocycles. The minimum Gasteiger partial charge on any atom is -0.504 e. The van der Waals surface area contributed by atoms with Gasteiger partial charge < -0.3 is 19.9 Å². The molecule has 18 heavy (non-hydrogen) atoms. The number of aromatic hydroxyl groups is 1. The summed E-state index contributed by atoms with van der Waals surface area (Å²) in [5.74, 6) is 1.04. The Balaban J connectivity index is 2.60. The predicted molar refractivity (Wildman–Crippen MR) is 73.5 cm³/mol. The highest BCUT2D eigenvalue weighted by atomic mass is 79.9. The molecule has 0 bridgehead atoms. The second-order valence-electron chi connectivity index (χ2n) is 4.68. The molecule has 0 aromatic heterocycles. The molecule has 0 spiro atoms. The summed E-state index contributed by atoms with van der Waals surface area (Å²) in [7, 11) is 3.08. The molecular weight excluding hydrogens is 298 g/mol. The summed E-state index contributed by atoms with van der Waals surface area (Å²) in [6.07, 6.45) is 2.07. The van der Waals surface area contributed by atoms with Crippen LogP contribution in [0.3, 0.4) is 0 Å². The maximum absolute atomic E-state index is 10.4. The van der Waals surface area contributed by atoms with Crippen LogP contribution in [0.5, 0.6) is 17.2 Å². The number of hydrogen-bond donors (Lipinski definition) is 2. The van der Waals surface area contributed by atoms with Crippen LogP contribution in [0, 0.1) is 0 Å². The van der Waals surface area contributed by atoms with Gasteiger partial charge in [0.05, 0.1) is 14.2 Å². The van der Waals surface area contributed by atoms with Gasteiger partial charge in [-0.1, -0.05) is 15.9 Å². The lowest BCUT2D eigenvalue weighted by Gasteiger charge is -2.28. The second kappa shape index (κ2) is 4.97. The first-order valence-corrected chi connectivity index (χ1v) is 6.71. The minimum absolute atomic E-state index is 0.139. The van der Waals surface area contributed by atoms with Crippen LogP contribution in [0.1, 0.15) is 25.3 Å². The van der Waals surface area contributed by atoms with E-state index in [1.54, 1.807) is 7.11 Å². The summed E-state index contributed by atoms with van der Waals surface area (Å²) >= 11 is 3.51. The van der Waals surface area contributed by atoms with Crippen molar-refractivity contribution in [1.29, 1.82) is 0 Å². The molecule has 1 fully saturated rings. The Labute approximate surface area is 115 Å². The average molecular weight is 316 g/mol. The Morgan fingerprint density at radius 3 is 2.61 bits per heavy atom. The van der Waals surface area contributed by atoms with E-state index in [0.717, 1.165) is 29.4 Å². The molecule has 1 unspecified atom stereocenters. The number of hydrogen-bond acceptors (Lipinski definition) is 4. The fraction of sp³-hybridized carbons (Fsp3) is 0.538. The molecule has 1 atom stereocenters. The standard InChI is InChI=1S/C13H18BrNO3/c1-13(5-4-6-15-13)10-8(14)7-9(17-2)12(18-3)11(10)16/h7,15-16H,4-6H2,1-3H3. The van der Waals surface area contributed by atoms with Gasteiger partial charge in [-0.2, -0.15) is 0 Å². The summed E-state index contributed by atoms with van der Waals surface area (Å²) in [6, 6.07) is 1.83. The molecule has 1 aliphatic rings. The molecule has 2 rings (SSSR count). The van der Waals surface area contributed by atoms with Gasteiger partial charge in [0, 0.05) is 15.6 Å². The third-order valence-corrected chi connectivity index (χ3v) is 4.14. The van der Waals surface area contributed by atoms with Crippen molar-refractivity contribution >= 4 is 15.9 Å². The maximum atomic E-state index is 10.4. The van der Waals surface area contributed by atoms with Gasteiger partial charge in [0.25, 0.3) is 0 Å². The summed E-state index contributed by atoms with van der Waals surface area (Å²) in [4.78, 5) is 0. The van der Waals surface area contributed by atoms with Crippen molar-refractivity contribution in [3.63, 3.8) is 0 Å². The highest BCUT2D eigenvalue weighted by Crippen LogP contribution is 2.49. The molecule has 0 amide bonds. The van der Waals surface area contributed by atoms with Crippen LogP contribution in [0.2, 0.25) is 0 Å². The van der Waals surface area contributed by atoms with Crippen LogP contribution < -0.4 is 14.8 Å². The van der Waals surface area contributed by atoms with Gasteiger partial charge in [-0.3, -0.25) is 0 Å². The molecule has 5 heteroatoms. The molecule has 1 aliphatic heterocycles. The van der Waals surface area contributed by atoms with Crippen LogP contribution in [-0.2, 0) is 5.54 Å². The molecule has 1 aromatic rings. The number of rotatable bonds is 3. The normalized spacial score (nSPS) is 23.1. The topological polar surface area (TPSA) is 50.7 Å². The minimum atomic E-state index is -0.234. The molecule has 0 saturated carbocycles. The lowest BCUT2D eigenvalue weighted by molar-refractivity contribution is 0.321. The number of phenols is 1. The Bertz CT molecular complexity index is 456. The van der Waals surface area contributed by atoms with Crippen molar-refractivity contribution in [1.82, 2.24) is 5.32 Å². The van der Waals surface area contributed by atoms with Crippen molar-refractivity contribution in [3.05, 3.63) is 16.1 Å². The predicted octanol–water partition coefficient (Wildman–Crippen LogP) is 2.77. The van der Waals surface area contributed by atoms with E-state index < -0.39 is 0 Å². The smallest absolute Gasteiger partial charge is 0.203 e. The highest BCUT2D eigenvalue weighted by molar-refractivity contribution is 9.10. The monoisotopic (exact) mass is 315 g/mol. The molecule has 1 aromatic carbocycles. The summed E-state index contributed by atoms with van der Waals surface area (Å²) in [6.45, 7) is 3.04. The zero-order valence-electron chi connectivity index (χ0n) is 10.8. The van der Waals surface area contributed by atoms with Gasteiger partial charge >= 0.3 is 0 Å². The zero-order chi connectivity index (χ0) is 13.3. The van der Waals surface area contributed by atoms with Crippen molar-refractivity contribution in [2.24, 2.45) is 0 Å². The van der Waals surface area contributed by atoms with Gasteiger partial charge in [0.15, 0.2) is 11.5 Å². The second-order valence-corrected chi connectivity index (χ2v) is 5.53. The van der Waals surface area contributed by atoms with Crippen molar-refractivity contribution in [2.45, 2.75) is 25.3 Å². The fourth-order valence-electron chi connectivity index (χ4n) is 2.58. The Morgan fingerprint density at radius 1 is 1.39 bits per heavy atom. The average Bonchev–Trinajstić information content (AvgIpc) is 2.76. The first-order valence-electron chi connectivity index (χ1n) is 5.92. The number of benzene rings is 1. The first-order chi connectivity index (χ1) is 8.53. The quantitative estimate of drug-likeness (QED) is 0.900. The van der Waals surface area contributed by atoms with Gasteiger partial charge in [0.2, 0.25) is 5.75 Å². The number of halogens is 1. The van der Waals surface area contributed by atoms with E-state index in [4.69, 9.17) is 9.47 Å². The maximum Gasteiger partial charge on any atom is 0.203 e. The molecule has 0 radical (unpaired) electrons. The number of phenolic OH excluding ortho intramolecular Hbond substituents is 1. The third kappa shape index (κ3) is 2.06. The van der Waals surface area contributed by atoms with E-state index in [2.05, 4.69) is 28.2 Å². The Morgan fingerprint density at radius 2 is 2.11 bits per heavy atom. The lowest BCUT2D eigenvalue weighted by Crippen LogP contribution is -2.33. The van der Waals surface area contributed by atoms with E-state index in [-0.39, 0.29) is 11.3 Å². The molecule has 100 valence electrons. The van der Waals surface area contributed by atoms with Crippen molar-refractivity contribution in [2.75, 3.05) is 20.8 Å². The third-order valence-electron chi connectivity index (χ3n) is 3.52. The zero-order valence-corrected chi connectivity index (χ0v) is 12.4. The van der Waals surface area contributed by atoms with Gasteiger partial charge in [-0.15, -0.1) is 0 Å². The van der Waals surface area contributed by atoms with Crippen molar-refractivity contribution in [3.8, 4) is 17.2 Å². The van der Waals surface area contributed by atoms with Crippen LogP contribution >= 0.6 is 15.9 Å². The SMILES string of the molecule is COc1cc(Br)c(C2(C)CCCN2)c(O)c1OC. The summed E-state index contributed by atoms with van der Waals surface area (Å²) in [5, 5.41) is 13.9. The van der Waals surface area contributed by atoms with E-state index in [9.17, 15) is 5.11 Å². The number of methoxy groups -OCH3 is 2. The molecule has 2 N–H and O–H groups in total. The Kier molecular flexibility index (Phi) is 3.73. The van der Waals surface area contributed by atoms with Crippen molar-refractivity contribution < 1.29 is 14.6 Å². The van der Waals surface area contributed by atoms with E-state index >= 15 is 0 Å². The van der Waals surface area contributed by atoms with Crippen LogP contribution in [0.15, 0.2) is 10.5 Å². The van der Waals surface area contributed by atoms with Crippen LogP contribution in [-0.4, -0.2) is 25.9 Å². The van der Waals surface area contributed by atoms with Gasteiger partial charge in [-0.05, 0) is 32.4 Å². The number of nitrogens with one attached hydrogen (secondary N) is 1. The molecule has 1 heterocycles. The first kappa shape index (κ1) is 13.5. The number of ether oxygens (including phenoxy) is 2. The van der Waals surface area contributed by atoms with E-state index in [0.29, 0.717) is 11.5 Å². The van der Waals surface area contributed by atoms with Crippen LogP contribution in [0.25, 0.3) is 0 Å². The lowest BCUT2D eigenvalue weighted by atomic mass is 9.89. The molecule has 4 nitrogen and oxygen atoms in total. The fourth-order valence-corrected chi connectivity index (χ4v) is 3.41. The van der Waals surface area contributed by atoms with Gasteiger partial charge in [-0.25, -0.2) is 0 Å². The van der Waals surface area contributed by atoms with Crippen LogP contribution in [0.4, 0.5) is 0 Å². The highest BCUT2D eigenvalue weighted by Gasteiger charge is 2.36.